The van der Waals surface area contributed by atoms with Crippen LogP contribution in [0.3, 0.4) is 0 Å². The number of halogens is 4. The Bertz CT molecular complexity index is 639. The maximum absolute atomic E-state index is 13.3. The van der Waals surface area contributed by atoms with Gasteiger partial charge < -0.3 is 4.55 Å². The predicted octanol–water partition coefficient (Wildman–Crippen LogP) is 4.25. The summed E-state index contributed by atoms with van der Waals surface area (Å²) in [6, 6.07) is 1.92. The maximum Gasteiger partial charge on any atom is 0.416 e. The molecule has 3 nitrogen and oxygen atoms in total. The summed E-state index contributed by atoms with van der Waals surface area (Å²) in [4.78, 5) is 11.4. The van der Waals surface area contributed by atoms with E-state index >= 15 is 0 Å². The summed E-state index contributed by atoms with van der Waals surface area (Å²) in [6.07, 6.45) is -3.44. The molecule has 1 aromatic carbocycles. The Morgan fingerprint density at radius 2 is 2.00 bits per heavy atom. The van der Waals surface area contributed by atoms with Crippen LogP contribution in [0.15, 0.2) is 12.1 Å². The van der Waals surface area contributed by atoms with Crippen LogP contribution in [-0.4, -0.2) is 14.0 Å². The molecule has 8 heteroatoms. The highest BCUT2D eigenvalue weighted by molar-refractivity contribution is 7.80. The van der Waals surface area contributed by atoms with Crippen molar-refractivity contribution < 1.29 is 26.7 Å². The van der Waals surface area contributed by atoms with Gasteiger partial charge in [-0.25, -0.2) is 4.21 Å². The highest BCUT2D eigenvalue weighted by Gasteiger charge is 2.50. The zero-order chi connectivity index (χ0) is 16.7. The predicted molar refractivity (Wildman–Crippen MR) is 77.3 cm³/mol. The fourth-order valence-electron chi connectivity index (χ4n) is 2.77. The Morgan fingerprint density at radius 1 is 1.41 bits per heavy atom. The number of hydrogen-bond acceptors (Lipinski definition) is 2. The number of benzene rings is 1. The van der Waals surface area contributed by atoms with Gasteiger partial charge >= 0.3 is 6.18 Å². The van der Waals surface area contributed by atoms with Crippen LogP contribution < -0.4 is 0 Å². The molecule has 0 saturated heterocycles. The molecule has 0 spiro atoms. The molecule has 1 aliphatic rings. The van der Waals surface area contributed by atoms with Crippen LogP contribution in [0.5, 0.6) is 0 Å². The van der Waals surface area contributed by atoms with Crippen LogP contribution in [0.1, 0.15) is 53.2 Å². The van der Waals surface area contributed by atoms with Gasteiger partial charge in [0.25, 0.3) is 5.24 Å². The van der Waals surface area contributed by atoms with Gasteiger partial charge in [-0.05, 0) is 54.5 Å². The van der Waals surface area contributed by atoms with Crippen molar-refractivity contribution in [3.63, 3.8) is 0 Å². The van der Waals surface area contributed by atoms with Gasteiger partial charge in [0.05, 0.1) is 10.3 Å². The lowest BCUT2D eigenvalue weighted by Crippen LogP contribution is -2.40. The zero-order valence-electron chi connectivity index (χ0n) is 11.7. The third-order valence-corrected chi connectivity index (χ3v) is 5.63. The van der Waals surface area contributed by atoms with Crippen LogP contribution >= 0.6 is 11.6 Å². The van der Waals surface area contributed by atoms with E-state index in [1.165, 1.54) is 6.07 Å². The van der Waals surface area contributed by atoms with Gasteiger partial charge in [-0.1, -0.05) is 13.0 Å². The first-order chi connectivity index (χ1) is 10.1. The Morgan fingerprint density at radius 3 is 2.32 bits per heavy atom. The van der Waals surface area contributed by atoms with Crippen LogP contribution in [0.25, 0.3) is 0 Å². The first kappa shape index (κ1) is 17.4. The van der Waals surface area contributed by atoms with E-state index in [4.69, 9.17) is 11.6 Å². The standard InChI is InChI=1S/C14H14ClF3O3S/c1-2-8-6-10(13(22(20)21)4-3-5-13)11(14(16,17)18)7-9(8)12(15)19/h6-7H,2-5H2,1H3,(H,20,21). The number of alkyl halides is 3. The molecule has 1 atom stereocenters. The first-order valence-corrected chi connectivity index (χ1v) is 8.17. The largest absolute Gasteiger partial charge is 0.416 e. The Hall–Kier alpha value is -0.920. The van der Waals surface area contributed by atoms with Gasteiger partial charge in [0.1, 0.15) is 0 Å². The number of aryl methyl sites for hydroxylation is 1. The minimum Gasteiger partial charge on any atom is -0.305 e. The van der Waals surface area contributed by atoms with Crippen molar-refractivity contribution in [2.45, 2.75) is 43.5 Å². The molecule has 0 heterocycles. The molecule has 1 unspecified atom stereocenters. The smallest absolute Gasteiger partial charge is 0.305 e. The van der Waals surface area contributed by atoms with Crippen molar-refractivity contribution in [1.29, 1.82) is 0 Å². The summed E-state index contributed by atoms with van der Waals surface area (Å²) in [6.45, 7) is 1.68. The summed E-state index contributed by atoms with van der Waals surface area (Å²) < 4.78 is 59.8. The van der Waals surface area contributed by atoms with Crippen molar-refractivity contribution in [2.24, 2.45) is 0 Å². The number of carbonyl (C=O) groups excluding carboxylic acids is 1. The molecule has 0 bridgehead atoms. The van der Waals surface area contributed by atoms with Crippen LogP contribution in [0.4, 0.5) is 13.2 Å². The topological polar surface area (TPSA) is 54.4 Å². The summed E-state index contributed by atoms with van der Waals surface area (Å²) in [5.41, 5.74) is -1.14. The van der Waals surface area contributed by atoms with Crippen LogP contribution in [0, 0.1) is 0 Å². The second kappa shape index (κ2) is 5.94. The molecule has 1 fully saturated rings. The van der Waals surface area contributed by atoms with Gasteiger partial charge in [-0.3, -0.25) is 4.79 Å². The fraction of sp³-hybridized carbons (Fsp3) is 0.500. The Labute approximate surface area is 133 Å². The minimum absolute atomic E-state index is 0.205. The molecular weight excluding hydrogens is 341 g/mol. The molecule has 1 aliphatic carbocycles. The molecule has 1 saturated carbocycles. The van der Waals surface area contributed by atoms with E-state index in [-0.39, 0.29) is 24.0 Å². The summed E-state index contributed by atoms with van der Waals surface area (Å²) in [5, 5.41) is -0.971. The molecule has 1 N–H and O–H groups in total. The minimum atomic E-state index is -4.73. The van der Waals surface area contributed by atoms with Crippen molar-refractivity contribution in [3.8, 4) is 0 Å². The second-order valence-corrected chi connectivity index (χ2v) is 6.90. The van der Waals surface area contributed by atoms with E-state index in [9.17, 15) is 26.7 Å². The van der Waals surface area contributed by atoms with Crippen LogP contribution in [0.2, 0.25) is 0 Å². The number of hydrogen-bond donors (Lipinski definition) is 1. The average molecular weight is 355 g/mol. The monoisotopic (exact) mass is 354 g/mol. The van der Waals surface area contributed by atoms with E-state index in [1.807, 2.05) is 0 Å². The highest BCUT2D eigenvalue weighted by Crippen LogP contribution is 2.50. The third kappa shape index (κ3) is 2.81. The van der Waals surface area contributed by atoms with Crippen LogP contribution in [-0.2, 0) is 28.4 Å². The normalized spacial score (nSPS) is 18.6. The maximum atomic E-state index is 13.3. The van der Waals surface area contributed by atoms with Gasteiger partial charge in [-0.15, -0.1) is 0 Å². The molecule has 2 rings (SSSR count). The molecule has 0 amide bonds. The molecule has 0 radical (unpaired) electrons. The van der Waals surface area contributed by atoms with Crippen molar-refractivity contribution in [1.82, 2.24) is 0 Å². The lowest BCUT2D eigenvalue weighted by molar-refractivity contribution is -0.138. The third-order valence-electron chi connectivity index (χ3n) is 4.13. The SMILES string of the molecule is CCc1cc(C2(S(=O)O)CCC2)c(C(F)(F)F)cc1C(=O)Cl. The molecule has 22 heavy (non-hydrogen) atoms. The lowest BCUT2D eigenvalue weighted by Gasteiger charge is -2.40. The molecule has 1 aromatic rings. The Balaban J connectivity index is 2.77. The second-order valence-electron chi connectivity index (χ2n) is 5.28. The van der Waals surface area contributed by atoms with Gasteiger partial charge in [-0.2, -0.15) is 13.2 Å². The summed E-state index contributed by atoms with van der Waals surface area (Å²) in [7, 11) is 0. The molecule has 0 aromatic heterocycles. The van der Waals surface area contributed by atoms with Crippen molar-refractivity contribution in [2.75, 3.05) is 0 Å². The van der Waals surface area contributed by atoms with E-state index in [0.717, 1.165) is 0 Å². The van der Waals surface area contributed by atoms with Gasteiger partial charge in [0.15, 0.2) is 11.1 Å². The van der Waals surface area contributed by atoms with E-state index in [1.54, 1.807) is 6.92 Å². The molecular formula is C14H14ClF3O3S. The summed E-state index contributed by atoms with van der Waals surface area (Å²) >= 11 is 2.95. The van der Waals surface area contributed by atoms with Gasteiger partial charge in [0.2, 0.25) is 0 Å². The Kier molecular flexibility index (Phi) is 4.71. The summed E-state index contributed by atoms with van der Waals surface area (Å²) in [5.74, 6) is 0. The van der Waals surface area contributed by atoms with E-state index in [0.29, 0.717) is 24.5 Å². The van der Waals surface area contributed by atoms with Gasteiger partial charge in [0, 0.05) is 5.56 Å². The van der Waals surface area contributed by atoms with Crippen molar-refractivity contribution >= 4 is 27.9 Å². The molecule has 122 valence electrons. The average Bonchev–Trinajstić information content (AvgIpc) is 2.34. The number of carbonyl (C=O) groups is 1. The number of rotatable bonds is 4. The quantitative estimate of drug-likeness (QED) is 0.649. The highest BCUT2D eigenvalue weighted by atomic mass is 35.5. The first-order valence-electron chi connectivity index (χ1n) is 6.69. The fourth-order valence-corrected chi connectivity index (χ4v) is 3.94. The lowest BCUT2D eigenvalue weighted by atomic mass is 9.75. The zero-order valence-corrected chi connectivity index (χ0v) is 13.2. The van der Waals surface area contributed by atoms with E-state index in [2.05, 4.69) is 0 Å². The molecule has 0 aliphatic heterocycles. The van der Waals surface area contributed by atoms with Crippen molar-refractivity contribution in [3.05, 3.63) is 34.4 Å². The van der Waals surface area contributed by atoms with E-state index < -0.39 is 32.8 Å².